The van der Waals surface area contributed by atoms with Gasteiger partial charge < -0.3 is 21.1 Å². The van der Waals surface area contributed by atoms with Crippen molar-refractivity contribution in [3.63, 3.8) is 0 Å². The molecule has 15 heteroatoms. The Morgan fingerprint density at radius 3 is 2.36 bits per heavy atom. The summed E-state index contributed by atoms with van der Waals surface area (Å²) in [6.45, 7) is 2.22. The van der Waals surface area contributed by atoms with E-state index in [2.05, 4.69) is 30.6 Å². The fourth-order valence-electron chi connectivity index (χ4n) is 6.04. The van der Waals surface area contributed by atoms with Gasteiger partial charge >= 0.3 is 11.8 Å². The summed E-state index contributed by atoms with van der Waals surface area (Å²) in [4.78, 5) is 52.2. The molecule has 1 aromatic heterocycles. The fraction of sp³-hybridized carbons (Fsp3) is 0.343. The number of anilines is 1. The van der Waals surface area contributed by atoms with Gasteiger partial charge in [-0.15, -0.1) is 0 Å². The van der Waals surface area contributed by atoms with Crippen LogP contribution in [-0.2, 0) is 26.0 Å². The highest BCUT2D eigenvalue weighted by Gasteiger charge is 2.30. The number of aryl methyl sites for hydroxylation is 1. The number of aromatic nitrogens is 2. The van der Waals surface area contributed by atoms with E-state index in [1.807, 2.05) is 31.2 Å². The summed E-state index contributed by atoms with van der Waals surface area (Å²) in [7, 11) is -0.714. The molecular weight excluding hydrogens is 664 g/mol. The molecule has 1 saturated carbocycles. The number of amides is 3. The molecule has 1 fully saturated rings. The van der Waals surface area contributed by atoms with Gasteiger partial charge in [0.2, 0.25) is 21.8 Å². The number of nitrogens with zero attached hydrogens (tertiary/aromatic N) is 2. The summed E-state index contributed by atoms with van der Waals surface area (Å²) in [5.41, 5.74) is 4.13. The maximum Gasteiger partial charge on any atom is 0.439 e. The van der Waals surface area contributed by atoms with Crippen molar-refractivity contribution >= 4 is 33.6 Å². The highest BCUT2D eigenvalue weighted by atomic mass is 32.2. The Labute approximate surface area is 289 Å². The van der Waals surface area contributed by atoms with Crippen molar-refractivity contribution in [2.24, 2.45) is 11.8 Å². The average molecular weight is 705 g/mol. The summed E-state index contributed by atoms with van der Waals surface area (Å²) >= 11 is 0. The van der Waals surface area contributed by atoms with Gasteiger partial charge in [-0.25, -0.2) is 22.3 Å². The van der Waals surface area contributed by atoms with Crippen LogP contribution < -0.4 is 21.7 Å². The number of hydrogen-bond donors (Lipinski definition) is 5. The Morgan fingerprint density at radius 2 is 1.72 bits per heavy atom. The van der Waals surface area contributed by atoms with Crippen molar-refractivity contribution in [3.8, 4) is 22.5 Å². The Kier molecular flexibility index (Phi) is 11.2. The largest absolute Gasteiger partial charge is 0.465 e. The Bertz CT molecular complexity index is 2010. The minimum atomic E-state index is -3.67. The smallest absolute Gasteiger partial charge is 0.439 e. The minimum Gasteiger partial charge on any atom is -0.465 e. The first kappa shape index (κ1) is 36.0. The molecule has 0 spiro atoms. The van der Waals surface area contributed by atoms with Crippen molar-refractivity contribution in [2.45, 2.75) is 50.0 Å². The predicted octanol–water partition coefficient (Wildman–Crippen LogP) is 4.00. The molecule has 14 nitrogen and oxygen atoms in total. The number of sulfonamides is 1. The van der Waals surface area contributed by atoms with Crippen molar-refractivity contribution in [1.82, 2.24) is 25.1 Å². The zero-order valence-electron chi connectivity index (χ0n) is 27.9. The van der Waals surface area contributed by atoms with Crippen molar-refractivity contribution in [1.29, 1.82) is 0 Å². The molecule has 0 saturated heterocycles. The van der Waals surface area contributed by atoms with Gasteiger partial charge in [0, 0.05) is 44.2 Å². The molecule has 1 atom stereocenters. The molecule has 0 unspecified atom stereocenters. The maximum absolute atomic E-state index is 13.8. The standard InChI is InChI=1S/C35H40N6O8S/c1-21-7-16-28(50(47,48)41(2)3)19-29(21)26-6-4-5-23(17-26)18-30(38-32(42)25-10-8-22(9-11-25)20-36-34(44)45)33(43)37-27-14-12-24(13-15-27)31-39-35(46)49-40-31/h4-7,12-17,19,22,25,30,36H,8-11,18,20H2,1-3H3,(H,37,43)(H,38,42)(H,44,45)(H,39,40,46)/t22-,25-,30-/m0/s1. The van der Waals surface area contributed by atoms with E-state index >= 15 is 0 Å². The number of carboxylic acid groups (broad SMARTS) is 1. The van der Waals surface area contributed by atoms with Gasteiger partial charge in [-0.1, -0.05) is 35.5 Å². The molecule has 0 bridgehead atoms. The molecule has 1 aliphatic rings. The van der Waals surface area contributed by atoms with Gasteiger partial charge in [-0.05, 0) is 97.2 Å². The van der Waals surface area contributed by atoms with Crippen LogP contribution in [0.5, 0.6) is 0 Å². The highest BCUT2D eigenvalue weighted by Crippen LogP contribution is 2.30. The molecule has 1 aliphatic carbocycles. The van der Waals surface area contributed by atoms with Gasteiger partial charge in [0.25, 0.3) is 0 Å². The quantitative estimate of drug-likeness (QED) is 0.144. The number of carbonyl (C=O) groups is 3. The van der Waals surface area contributed by atoms with E-state index in [9.17, 15) is 27.6 Å². The van der Waals surface area contributed by atoms with Crippen molar-refractivity contribution in [2.75, 3.05) is 26.0 Å². The molecule has 264 valence electrons. The molecule has 3 amide bonds. The van der Waals surface area contributed by atoms with E-state index < -0.39 is 33.8 Å². The average Bonchev–Trinajstić information content (AvgIpc) is 3.53. The van der Waals surface area contributed by atoms with Gasteiger partial charge in [0.15, 0.2) is 5.82 Å². The van der Waals surface area contributed by atoms with Crippen LogP contribution in [0.3, 0.4) is 0 Å². The lowest BCUT2D eigenvalue weighted by molar-refractivity contribution is -0.130. The lowest BCUT2D eigenvalue weighted by Gasteiger charge is -2.29. The molecular formula is C35H40N6O8S. The van der Waals surface area contributed by atoms with Crippen LogP contribution in [0.4, 0.5) is 10.5 Å². The van der Waals surface area contributed by atoms with Gasteiger partial charge in [-0.2, -0.15) is 0 Å². The lowest BCUT2D eigenvalue weighted by Crippen LogP contribution is -2.48. The van der Waals surface area contributed by atoms with Gasteiger partial charge in [0.1, 0.15) is 6.04 Å². The normalized spacial score (nSPS) is 16.8. The summed E-state index contributed by atoms with van der Waals surface area (Å²) in [5.74, 6) is -1.33. The number of carbonyl (C=O) groups excluding carboxylic acids is 2. The molecule has 3 aromatic carbocycles. The van der Waals surface area contributed by atoms with E-state index in [1.165, 1.54) is 14.1 Å². The van der Waals surface area contributed by atoms with Crippen molar-refractivity contribution < 1.29 is 32.4 Å². The molecule has 50 heavy (non-hydrogen) atoms. The zero-order valence-corrected chi connectivity index (χ0v) is 28.7. The predicted molar refractivity (Wildman–Crippen MR) is 186 cm³/mol. The minimum absolute atomic E-state index is 0.143. The van der Waals surface area contributed by atoms with Gasteiger partial charge in [0.05, 0.1) is 4.90 Å². The fourth-order valence-corrected chi connectivity index (χ4v) is 6.97. The van der Waals surface area contributed by atoms with Crippen LogP contribution in [0.1, 0.15) is 36.8 Å². The lowest BCUT2D eigenvalue weighted by atomic mass is 9.81. The third kappa shape index (κ3) is 8.84. The number of hydrogen-bond acceptors (Lipinski definition) is 8. The van der Waals surface area contributed by atoms with Crippen LogP contribution in [0, 0.1) is 18.8 Å². The zero-order chi connectivity index (χ0) is 36.0. The maximum atomic E-state index is 13.8. The van der Waals surface area contributed by atoms with E-state index in [1.54, 1.807) is 42.5 Å². The third-order valence-electron chi connectivity index (χ3n) is 8.92. The van der Waals surface area contributed by atoms with Gasteiger partial charge in [-0.3, -0.25) is 19.1 Å². The first-order valence-electron chi connectivity index (χ1n) is 16.2. The number of aromatic amines is 1. The molecule has 4 aromatic rings. The summed E-state index contributed by atoms with van der Waals surface area (Å²) < 4.78 is 31.4. The van der Waals surface area contributed by atoms with Crippen LogP contribution in [0.15, 0.2) is 80.9 Å². The van der Waals surface area contributed by atoms with Crippen LogP contribution in [0.25, 0.3) is 22.5 Å². The first-order valence-corrected chi connectivity index (χ1v) is 17.6. The molecule has 5 rings (SSSR count). The Morgan fingerprint density at radius 1 is 1.00 bits per heavy atom. The highest BCUT2D eigenvalue weighted by molar-refractivity contribution is 7.89. The third-order valence-corrected chi connectivity index (χ3v) is 10.7. The second-order valence-corrected chi connectivity index (χ2v) is 14.8. The van der Waals surface area contributed by atoms with E-state index in [-0.39, 0.29) is 34.9 Å². The van der Waals surface area contributed by atoms with Crippen molar-refractivity contribution in [3.05, 3.63) is 88.4 Å². The Hall–Kier alpha value is -5.28. The molecule has 5 N–H and O–H groups in total. The first-order chi connectivity index (χ1) is 23.8. The van der Waals surface area contributed by atoms with E-state index in [0.717, 1.165) is 26.6 Å². The summed E-state index contributed by atoms with van der Waals surface area (Å²) in [6.07, 6.45) is 1.57. The van der Waals surface area contributed by atoms with E-state index in [0.29, 0.717) is 43.5 Å². The van der Waals surface area contributed by atoms with Crippen LogP contribution >= 0.6 is 0 Å². The molecule has 1 heterocycles. The number of benzene rings is 3. The number of H-pyrrole nitrogens is 1. The summed E-state index contributed by atoms with van der Waals surface area (Å²) in [6, 6.07) is 18.0. The Balaban J connectivity index is 1.36. The number of nitrogens with one attached hydrogen (secondary N) is 4. The number of rotatable bonds is 12. The molecule has 0 aliphatic heterocycles. The van der Waals surface area contributed by atoms with E-state index in [4.69, 9.17) is 5.11 Å². The second kappa shape index (κ2) is 15.5. The monoisotopic (exact) mass is 704 g/mol. The topological polar surface area (TPSA) is 204 Å². The molecule has 0 radical (unpaired) electrons. The van der Waals surface area contributed by atoms with Crippen LogP contribution in [-0.4, -0.2) is 72.6 Å². The second-order valence-electron chi connectivity index (χ2n) is 12.6. The summed E-state index contributed by atoms with van der Waals surface area (Å²) in [5, 5.41) is 20.9. The van der Waals surface area contributed by atoms with Crippen LogP contribution in [0.2, 0.25) is 0 Å². The SMILES string of the molecule is Cc1ccc(S(=O)(=O)N(C)C)cc1-c1cccc(C[C@H](NC(=O)[C@H]2CC[C@H](CNC(=O)O)CC2)C(=O)Nc2ccc(-c3noc(=O)[nH]3)cc2)c1.